The van der Waals surface area contributed by atoms with Crippen molar-refractivity contribution in [3.05, 3.63) is 113 Å². The number of nitrogens with zero attached hydrogens (tertiary/aromatic N) is 5. The predicted molar refractivity (Wildman–Crippen MR) is 196 cm³/mol. The zero-order valence-corrected chi connectivity index (χ0v) is 29.4. The van der Waals surface area contributed by atoms with E-state index < -0.39 is 10.0 Å². The molecule has 0 N–H and O–H groups in total. The molecule has 1 aliphatic rings. The monoisotopic (exact) mass is 689 g/mol. The maximum Gasteiger partial charge on any atom is 0.276 e. The molecular weight excluding hydrogens is 651 g/mol. The molecule has 50 heavy (non-hydrogen) atoms. The van der Waals surface area contributed by atoms with Gasteiger partial charge in [0, 0.05) is 67.5 Å². The van der Waals surface area contributed by atoms with Gasteiger partial charge in [-0.25, -0.2) is 17.4 Å². The van der Waals surface area contributed by atoms with Gasteiger partial charge in [-0.2, -0.15) is 0 Å². The third kappa shape index (κ3) is 6.07. The van der Waals surface area contributed by atoms with Gasteiger partial charge in [0.05, 0.1) is 22.1 Å². The molecule has 1 saturated heterocycles. The molecule has 0 radical (unpaired) electrons. The van der Waals surface area contributed by atoms with Gasteiger partial charge in [-0.1, -0.05) is 29.8 Å². The molecule has 256 valence electrons. The van der Waals surface area contributed by atoms with Crippen molar-refractivity contribution in [3.8, 4) is 28.1 Å². The molecule has 3 aromatic heterocycles. The number of carbonyl (C=O) groups excluding carboxylic acids is 1. The van der Waals surface area contributed by atoms with Crippen LogP contribution in [0.3, 0.4) is 0 Å². The largest absolute Gasteiger partial charge is 0.492 e. The van der Waals surface area contributed by atoms with E-state index in [1.165, 1.54) is 6.20 Å². The van der Waals surface area contributed by atoms with Crippen molar-refractivity contribution < 1.29 is 17.9 Å². The van der Waals surface area contributed by atoms with E-state index in [0.717, 1.165) is 61.7 Å². The first-order valence-corrected chi connectivity index (χ1v) is 18.2. The molecule has 4 heterocycles. The van der Waals surface area contributed by atoms with Gasteiger partial charge in [0.15, 0.2) is 0 Å². The van der Waals surface area contributed by atoms with Gasteiger partial charge in [-0.15, -0.1) is 0 Å². The number of aromatic nitrogens is 3. The van der Waals surface area contributed by atoms with E-state index in [0.29, 0.717) is 25.1 Å². The number of piperazine rings is 1. The third-order valence-corrected chi connectivity index (χ3v) is 11.3. The van der Waals surface area contributed by atoms with Crippen LogP contribution in [-0.4, -0.2) is 77.0 Å². The predicted octanol–water partition coefficient (Wildman–Crippen LogP) is 5.79. The molecule has 0 aliphatic carbocycles. The third-order valence-electron chi connectivity index (χ3n) is 9.61. The van der Waals surface area contributed by atoms with E-state index in [9.17, 15) is 18.0 Å². The highest BCUT2D eigenvalue weighted by Gasteiger charge is 2.29. The first kappa shape index (κ1) is 33.2. The molecule has 0 saturated carbocycles. The summed E-state index contributed by atoms with van der Waals surface area (Å²) in [4.78, 5) is 34.8. The Morgan fingerprint density at radius 3 is 2.38 bits per heavy atom. The van der Waals surface area contributed by atoms with E-state index in [-0.39, 0.29) is 27.9 Å². The quantitative estimate of drug-likeness (QED) is 0.189. The number of likely N-dealkylation sites (N-methyl/N-ethyl adjacent to an activating group) is 1. The Morgan fingerprint density at radius 2 is 1.64 bits per heavy atom. The van der Waals surface area contributed by atoms with E-state index in [2.05, 4.69) is 4.90 Å². The number of amides is 1. The number of ether oxygens (including phenoxy) is 1. The lowest BCUT2D eigenvalue weighted by atomic mass is 10.0. The Morgan fingerprint density at radius 1 is 0.900 bits per heavy atom. The van der Waals surface area contributed by atoms with Gasteiger partial charge in [-0.05, 0) is 87.0 Å². The van der Waals surface area contributed by atoms with Gasteiger partial charge < -0.3 is 14.2 Å². The molecule has 3 aromatic carbocycles. The highest BCUT2D eigenvalue weighted by molar-refractivity contribution is 7.90. The smallest absolute Gasteiger partial charge is 0.276 e. The summed E-state index contributed by atoms with van der Waals surface area (Å²) < 4.78 is 36.0. The van der Waals surface area contributed by atoms with Crippen LogP contribution >= 0.6 is 0 Å². The molecule has 11 heteroatoms. The standard InChI is InChI=1S/C39H39N5O5S/c1-5-42-25-34(33-18-19-44(37(33)39(42)46)50(47,48)32-14-6-26(2)7-15-32)29-10-16-36-30(24-29)11-17-35(40-36)28-8-12-31(13-9-28)49-23-22-43-21-20-41(4)38(45)27(43)3/h6-19,24-25,27H,5,20-23H2,1-4H3/t27-/m1/s1. The summed E-state index contributed by atoms with van der Waals surface area (Å²) in [5.41, 5.74) is 4.89. The maximum absolute atomic E-state index is 13.7. The second-order valence-corrected chi connectivity index (χ2v) is 14.6. The normalized spacial score (nSPS) is 15.6. The summed E-state index contributed by atoms with van der Waals surface area (Å²) in [6.45, 7) is 8.82. The average molecular weight is 690 g/mol. The van der Waals surface area contributed by atoms with Crippen LogP contribution in [0.1, 0.15) is 19.4 Å². The van der Waals surface area contributed by atoms with Gasteiger partial charge in [0.25, 0.3) is 15.6 Å². The number of carbonyl (C=O) groups is 1. The van der Waals surface area contributed by atoms with E-state index in [1.54, 1.807) is 46.0 Å². The molecule has 7 rings (SSSR count). The molecular formula is C39H39N5O5S. The van der Waals surface area contributed by atoms with Crippen LogP contribution in [0.2, 0.25) is 0 Å². The summed E-state index contributed by atoms with van der Waals surface area (Å²) in [7, 11) is -2.16. The fraction of sp³-hybridized carbons (Fsp3) is 0.256. The van der Waals surface area contributed by atoms with Crippen LogP contribution in [-0.2, 0) is 21.4 Å². The molecule has 0 unspecified atom stereocenters. The molecule has 0 spiro atoms. The van der Waals surface area contributed by atoms with Gasteiger partial charge in [-0.3, -0.25) is 14.5 Å². The number of hydrogen-bond acceptors (Lipinski definition) is 7. The van der Waals surface area contributed by atoms with Gasteiger partial charge >= 0.3 is 0 Å². The van der Waals surface area contributed by atoms with E-state index >= 15 is 0 Å². The molecule has 1 atom stereocenters. The minimum Gasteiger partial charge on any atom is -0.492 e. The van der Waals surface area contributed by atoms with Crippen molar-refractivity contribution in [2.45, 2.75) is 38.3 Å². The Bertz CT molecular complexity index is 2400. The zero-order valence-electron chi connectivity index (χ0n) is 28.5. The summed E-state index contributed by atoms with van der Waals surface area (Å²) in [5.74, 6) is 0.897. The highest BCUT2D eigenvalue weighted by atomic mass is 32.2. The van der Waals surface area contributed by atoms with Crippen LogP contribution in [0.25, 0.3) is 44.2 Å². The molecule has 1 amide bonds. The first-order valence-electron chi connectivity index (χ1n) is 16.8. The van der Waals surface area contributed by atoms with E-state index in [4.69, 9.17) is 9.72 Å². The fourth-order valence-corrected chi connectivity index (χ4v) is 7.91. The Labute approximate surface area is 291 Å². The molecule has 10 nitrogen and oxygen atoms in total. The summed E-state index contributed by atoms with van der Waals surface area (Å²) in [5, 5.41) is 1.48. The number of rotatable bonds is 9. The van der Waals surface area contributed by atoms with Gasteiger partial charge in [0.1, 0.15) is 17.9 Å². The zero-order chi connectivity index (χ0) is 35.2. The molecule has 1 aliphatic heterocycles. The topological polar surface area (TPSA) is 107 Å². The minimum absolute atomic E-state index is 0.120. The Kier molecular flexibility index (Phi) is 8.79. The van der Waals surface area contributed by atoms with Crippen molar-refractivity contribution in [1.82, 2.24) is 23.3 Å². The van der Waals surface area contributed by atoms with Crippen LogP contribution in [0.15, 0.2) is 107 Å². The highest BCUT2D eigenvalue weighted by Crippen LogP contribution is 2.32. The molecule has 6 aromatic rings. The SMILES string of the molecule is CCn1cc(-c2ccc3nc(-c4ccc(OCCN5CCN(C)C(=O)[C@H]5C)cc4)ccc3c2)c2ccn(S(=O)(=O)c3ccc(C)cc3)c2c1=O. The molecule has 1 fully saturated rings. The minimum atomic E-state index is -4.00. The lowest BCUT2D eigenvalue weighted by Gasteiger charge is -2.37. The second-order valence-electron chi connectivity index (χ2n) is 12.8. The Balaban J connectivity index is 1.13. The lowest BCUT2D eigenvalue weighted by Crippen LogP contribution is -2.55. The fourth-order valence-electron chi connectivity index (χ4n) is 6.57. The number of aryl methyl sites for hydroxylation is 2. The van der Waals surface area contributed by atoms with Crippen molar-refractivity contribution >= 4 is 37.7 Å². The van der Waals surface area contributed by atoms with Crippen molar-refractivity contribution in [1.29, 1.82) is 0 Å². The summed E-state index contributed by atoms with van der Waals surface area (Å²) >= 11 is 0. The molecule has 0 bridgehead atoms. The number of pyridine rings is 2. The lowest BCUT2D eigenvalue weighted by molar-refractivity contribution is -0.139. The van der Waals surface area contributed by atoms with Crippen molar-refractivity contribution in [2.24, 2.45) is 0 Å². The summed E-state index contributed by atoms with van der Waals surface area (Å²) in [6.07, 6.45) is 3.26. The van der Waals surface area contributed by atoms with Crippen LogP contribution in [0.5, 0.6) is 5.75 Å². The second kappa shape index (κ2) is 13.2. The maximum atomic E-state index is 13.7. The number of fused-ring (bicyclic) bond motifs is 2. The number of hydrogen-bond donors (Lipinski definition) is 0. The van der Waals surface area contributed by atoms with E-state index in [1.807, 2.05) is 82.4 Å². The van der Waals surface area contributed by atoms with Crippen molar-refractivity contribution in [3.63, 3.8) is 0 Å². The van der Waals surface area contributed by atoms with Crippen LogP contribution in [0.4, 0.5) is 0 Å². The summed E-state index contributed by atoms with van der Waals surface area (Å²) in [6, 6.07) is 25.9. The average Bonchev–Trinajstić information content (AvgIpc) is 3.59. The first-order chi connectivity index (χ1) is 24.0. The Hall–Kier alpha value is -5.26. The van der Waals surface area contributed by atoms with Gasteiger partial charge in [0.2, 0.25) is 5.91 Å². The van der Waals surface area contributed by atoms with Crippen LogP contribution < -0.4 is 10.3 Å². The van der Waals surface area contributed by atoms with Crippen molar-refractivity contribution in [2.75, 3.05) is 33.3 Å². The number of benzene rings is 3. The van der Waals surface area contributed by atoms with Crippen LogP contribution in [0, 0.1) is 6.92 Å².